The molecule has 0 saturated carbocycles. The van der Waals surface area contributed by atoms with Gasteiger partial charge in [-0.1, -0.05) is 129 Å². The third-order valence-corrected chi connectivity index (χ3v) is 5.90. The molecule has 1 atom stereocenters. The fourth-order valence-electron chi connectivity index (χ4n) is 3.91. The summed E-state index contributed by atoms with van der Waals surface area (Å²) in [6.07, 6.45) is 27.5. The van der Waals surface area contributed by atoms with Crippen molar-refractivity contribution in [2.45, 2.75) is 149 Å². The van der Waals surface area contributed by atoms with Gasteiger partial charge in [0.05, 0.1) is 5.92 Å². The fourth-order valence-corrected chi connectivity index (χ4v) is 3.91. The highest BCUT2D eigenvalue weighted by Gasteiger charge is 2.17. The molecule has 2 heteroatoms. The molecule has 0 spiro atoms. The molecule has 28 heavy (non-hydrogen) atoms. The number of carbonyl (C=O) groups is 1. The second kappa shape index (κ2) is 22.6. The molecule has 165 valence electrons. The van der Waals surface area contributed by atoms with Gasteiger partial charge in [-0.15, -0.1) is 0 Å². The number of hydrogen-bond donors (Lipinski definition) is 0. The predicted molar refractivity (Wildman–Crippen MR) is 122 cm³/mol. The normalized spacial score (nSPS) is 12.2. The smallest absolute Gasteiger partial charge is 0.209 e. The zero-order valence-corrected chi connectivity index (χ0v) is 19.2. The summed E-state index contributed by atoms with van der Waals surface area (Å²) in [6, 6.07) is 0. The number of rotatable bonds is 23. The summed E-state index contributed by atoms with van der Waals surface area (Å²) in [5, 5.41) is 0. The topological polar surface area (TPSA) is 34.1 Å². The van der Waals surface area contributed by atoms with Gasteiger partial charge in [0.2, 0.25) is 6.29 Å². The van der Waals surface area contributed by atoms with Crippen LogP contribution in [0.15, 0.2) is 0 Å². The van der Waals surface area contributed by atoms with Crippen LogP contribution in [-0.4, -0.2) is 12.1 Å². The average Bonchev–Trinajstić information content (AvgIpc) is 2.70. The van der Waals surface area contributed by atoms with Gasteiger partial charge >= 0.3 is 0 Å². The first-order chi connectivity index (χ1) is 13.8. The van der Waals surface area contributed by atoms with E-state index in [0.717, 1.165) is 32.1 Å². The lowest BCUT2D eigenvalue weighted by molar-refractivity contribution is -0.121. The van der Waals surface area contributed by atoms with Gasteiger partial charge in [-0.05, 0) is 12.8 Å². The molecule has 1 unspecified atom stereocenters. The van der Waals surface area contributed by atoms with Gasteiger partial charge in [-0.3, -0.25) is 9.59 Å². The van der Waals surface area contributed by atoms with E-state index in [-0.39, 0.29) is 5.78 Å². The van der Waals surface area contributed by atoms with Crippen LogP contribution in [-0.2, 0) is 9.59 Å². The van der Waals surface area contributed by atoms with Crippen molar-refractivity contribution in [3.05, 3.63) is 0 Å². The maximum atomic E-state index is 12.2. The van der Waals surface area contributed by atoms with E-state index < -0.39 is 5.92 Å². The maximum absolute atomic E-state index is 12.2. The van der Waals surface area contributed by atoms with Crippen LogP contribution in [0.5, 0.6) is 0 Å². The van der Waals surface area contributed by atoms with Crippen molar-refractivity contribution >= 4 is 12.1 Å². The lowest BCUT2D eigenvalue weighted by atomic mass is 9.94. The van der Waals surface area contributed by atoms with Gasteiger partial charge in [0.15, 0.2) is 0 Å². The van der Waals surface area contributed by atoms with E-state index in [4.69, 9.17) is 0 Å². The minimum atomic E-state index is -0.455. The van der Waals surface area contributed by atoms with E-state index in [1.807, 2.05) is 6.29 Å². The zero-order valence-electron chi connectivity index (χ0n) is 19.2. The molecule has 0 saturated heterocycles. The van der Waals surface area contributed by atoms with E-state index in [1.54, 1.807) is 0 Å². The lowest BCUT2D eigenvalue weighted by Gasteiger charge is -2.09. The van der Waals surface area contributed by atoms with Crippen molar-refractivity contribution in [1.82, 2.24) is 0 Å². The number of hydrogen-bond acceptors (Lipinski definition) is 2. The molecule has 0 heterocycles. The quantitative estimate of drug-likeness (QED) is 0.129. The predicted octanol–water partition coefficient (Wildman–Crippen LogP) is 8.51. The molecular weight excluding hydrogens is 344 g/mol. The molecular formula is C26H49O2. The van der Waals surface area contributed by atoms with Crippen LogP contribution >= 0.6 is 0 Å². The van der Waals surface area contributed by atoms with E-state index in [2.05, 4.69) is 13.8 Å². The summed E-state index contributed by atoms with van der Waals surface area (Å²) in [5.41, 5.74) is 0. The molecule has 1 radical (unpaired) electrons. The third-order valence-electron chi connectivity index (χ3n) is 5.90. The Kier molecular flexibility index (Phi) is 22.1. The Balaban J connectivity index is 3.48. The van der Waals surface area contributed by atoms with Gasteiger partial charge in [0.25, 0.3) is 0 Å². The first-order valence-electron chi connectivity index (χ1n) is 12.7. The van der Waals surface area contributed by atoms with Crippen LogP contribution in [0.4, 0.5) is 0 Å². The van der Waals surface area contributed by atoms with Crippen molar-refractivity contribution < 1.29 is 9.59 Å². The Labute approximate surface area is 176 Å². The SMILES string of the molecule is CCCCCCCCCCCCCC(=O)C([C]=O)CCCCCCCCCC. The van der Waals surface area contributed by atoms with E-state index in [9.17, 15) is 9.59 Å². The largest absolute Gasteiger partial charge is 0.299 e. The van der Waals surface area contributed by atoms with Crippen LogP contribution < -0.4 is 0 Å². The monoisotopic (exact) mass is 393 g/mol. The molecule has 0 aromatic carbocycles. The average molecular weight is 394 g/mol. The Morgan fingerprint density at radius 3 is 1.32 bits per heavy atom. The molecule has 2 nitrogen and oxygen atoms in total. The summed E-state index contributed by atoms with van der Waals surface area (Å²) < 4.78 is 0. The van der Waals surface area contributed by atoms with Crippen LogP contribution in [0.25, 0.3) is 0 Å². The highest BCUT2D eigenvalue weighted by molar-refractivity contribution is 5.93. The van der Waals surface area contributed by atoms with E-state index in [1.165, 1.54) is 96.3 Å². The molecule has 0 aliphatic carbocycles. The minimum Gasteiger partial charge on any atom is -0.299 e. The van der Waals surface area contributed by atoms with Crippen LogP contribution in [0, 0.1) is 5.92 Å². The Hall–Kier alpha value is -0.660. The molecule has 0 aromatic rings. The van der Waals surface area contributed by atoms with Gasteiger partial charge in [-0.25, -0.2) is 0 Å². The molecule has 0 aliphatic heterocycles. The van der Waals surface area contributed by atoms with Crippen LogP contribution in [0.3, 0.4) is 0 Å². The summed E-state index contributed by atoms with van der Waals surface area (Å²) >= 11 is 0. The van der Waals surface area contributed by atoms with Gasteiger partial charge in [0, 0.05) is 6.42 Å². The lowest BCUT2D eigenvalue weighted by Crippen LogP contribution is -2.15. The van der Waals surface area contributed by atoms with Crippen LogP contribution in [0.1, 0.15) is 149 Å². The molecule has 0 aliphatic rings. The molecule has 0 N–H and O–H groups in total. The van der Waals surface area contributed by atoms with Gasteiger partial charge in [-0.2, -0.15) is 0 Å². The minimum absolute atomic E-state index is 0.133. The fraction of sp³-hybridized carbons (Fsp3) is 0.923. The standard InChI is InChI=1S/C26H49O2/c1-3-5-7-9-11-13-14-15-17-19-21-23-26(28)25(24-27)22-20-18-16-12-10-8-6-4-2/h25H,3-23H2,1-2H3. The Morgan fingerprint density at radius 2 is 0.929 bits per heavy atom. The van der Waals surface area contributed by atoms with Crippen LogP contribution in [0.2, 0.25) is 0 Å². The molecule has 0 amide bonds. The number of ketones is 1. The third kappa shape index (κ3) is 18.7. The Morgan fingerprint density at radius 1 is 0.571 bits per heavy atom. The summed E-state index contributed by atoms with van der Waals surface area (Å²) in [4.78, 5) is 23.4. The Bertz CT molecular complexity index is 337. The summed E-state index contributed by atoms with van der Waals surface area (Å²) in [7, 11) is 0. The van der Waals surface area contributed by atoms with Crippen molar-refractivity contribution in [2.75, 3.05) is 0 Å². The second-order valence-electron chi connectivity index (χ2n) is 8.69. The molecule has 0 bridgehead atoms. The van der Waals surface area contributed by atoms with Gasteiger partial charge < -0.3 is 0 Å². The van der Waals surface area contributed by atoms with Crippen molar-refractivity contribution in [3.8, 4) is 0 Å². The highest BCUT2D eigenvalue weighted by atomic mass is 16.1. The molecule has 0 fully saturated rings. The van der Waals surface area contributed by atoms with E-state index >= 15 is 0 Å². The van der Waals surface area contributed by atoms with Crippen molar-refractivity contribution in [1.29, 1.82) is 0 Å². The van der Waals surface area contributed by atoms with Gasteiger partial charge in [0.1, 0.15) is 5.78 Å². The maximum Gasteiger partial charge on any atom is 0.209 e. The summed E-state index contributed by atoms with van der Waals surface area (Å²) in [5.74, 6) is -0.322. The zero-order chi connectivity index (χ0) is 20.7. The highest BCUT2D eigenvalue weighted by Crippen LogP contribution is 2.16. The summed E-state index contributed by atoms with van der Waals surface area (Å²) in [6.45, 7) is 4.50. The number of Topliss-reactive ketones (excluding diaryl/α,β-unsaturated/α-hetero) is 1. The first kappa shape index (κ1) is 27.3. The molecule has 0 rings (SSSR count). The second-order valence-corrected chi connectivity index (χ2v) is 8.69. The van der Waals surface area contributed by atoms with Crippen molar-refractivity contribution in [3.63, 3.8) is 0 Å². The number of unbranched alkanes of at least 4 members (excludes halogenated alkanes) is 17. The first-order valence-corrected chi connectivity index (χ1v) is 12.7. The number of carbonyl (C=O) groups excluding carboxylic acids is 2. The van der Waals surface area contributed by atoms with Crippen molar-refractivity contribution in [2.24, 2.45) is 5.92 Å². The molecule has 0 aromatic heterocycles. The van der Waals surface area contributed by atoms with E-state index in [0.29, 0.717) is 6.42 Å².